The Bertz CT molecular complexity index is 971. The molecular weight excluding hydrogens is 347 g/mol. The van der Waals surface area contributed by atoms with E-state index >= 15 is 0 Å². The lowest BCUT2D eigenvalue weighted by molar-refractivity contribution is -0.110. The fourth-order valence-electron chi connectivity index (χ4n) is 3.74. The molecule has 1 aromatic heterocycles. The van der Waals surface area contributed by atoms with Crippen LogP contribution in [0.15, 0.2) is 18.2 Å². The number of hydrogen-bond donors (Lipinski definition) is 4. The first kappa shape index (κ1) is 17.5. The Morgan fingerprint density at radius 3 is 2.89 bits per heavy atom. The van der Waals surface area contributed by atoms with E-state index in [4.69, 9.17) is 0 Å². The second-order valence-corrected chi connectivity index (χ2v) is 7.03. The summed E-state index contributed by atoms with van der Waals surface area (Å²) < 4.78 is 13.6. The molecule has 2 aliphatic rings. The highest BCUT2D eigenvalue weighted by Crippen LogP contribution is 2.34. The van der Waals surface area contributed by atoms with Crippen LogP contribution in [-0.2, 0) is 4.79 Å². The average molecular weight is 368 g/mol. The van der Waals surface area contributed by atoms with Crippen LogP contribution in [0.5, 0.6) is 0 Å². The summed E-state index contributed by atoms with van der Waals surface area (Å²) in [5.41, 5.74) is 4.24. The molecule has 1 aromatic carbocycles. The molecule has 27 heavy (non-hydrogen) atoms. The van der Waals surface area contributed by atoms with Crippen molar-refractivity contribution in [3.05, 3.63) is 52.1 Å². The van der Waals surface area contributed by atoms with Gasteiger partial charge in [0.05, 0.1) is 11.1 Å². The maximum absolute atomic E-state index is 13.6. The van der Waals surface area contributed by atoms with Crippen molar-refractivity contribution in [2.75, 3.05) is 18.4 Å². The summed E-state index contributed by atoms with van der Waals surface area (Å²) in [6, 6.07) is 4.32. The van der Waals surface area contributed by atoms with Gasteiger partial charge in [0.15, 0.2) is 0 Å². The maximum Gasteiger partial charge on any atom is 0.256 e. The summed E-state index contributed by atoms with van der Waals surface area (Å²) >= 11 is 0. The second-order valence-electron chi connectivity index (χ2n) is 7.03. The van der Waals surface area contributed by atoms with Gasteiger partial charge in [-0.15, -0.1) is 0 Å². The van der Waals surface area contributed by atoms with E-state index in [-0.39, 0.29) is 17.9 Å². The Labute approximate surface area is 156 Å². The van der Waals surface area contributed by atoms with Crippen molar-refractivity contribution in [2.24, 2.45) is 0 Å². The molecule has 6 nitrogen and oxygen atoms in total. The normalized spacial score (nSPS) is 20.0. The number of aryl methyl sites for hydroxylation is 1. The van der Waals surface area contributed by atoms with Gasteiger partial charge in [0.25, 0.3) is 11.8 Å². The lowest BCUT2D eigenvalue weighted by Crippen LogP contribution is -2.36. The van der Waals surface area contributed by atoms with Crippen LogP contribution in [0.2, 0.25) is 0 Å². The molecule has 140 valence electrons. The number of carbonyl (C=O) groups excluding carboxylic acids is 2. The van der Waals surface area contributed by atoms with Gasteiger partial charge in [0, 0.05) is 35.2 Å². The SMILES string of the molecule is Cc1[nH]c(C=C2C(=O)Nc3ccc(F)cc32)c(C)c1C(=O)NC1CCNC1. The number of aromatic nitrogens is 1. The highest BCUT2D eigenvalue weighted by atomic mass is 19.1. The minimum Gasteiger partial charge on any atom is -0.358 e. The Balaban J connectivity index is 1.68. The molecular formula is C20H21FN4O2. The lowest BCUT2D eigenvalue weighted by Gasteiger charge is -2.11. The summed E-state index contributed by atoms with van der Waals surface area (Å²) in [6.45, 7) is 5.35. The number of anilines is 1. The molecule has 2 aliphatic heterocycles. The van der Waals surface area contributed by atoms with Crippen LogP contribution < -0.4 is 16.0 Å². The zero-order chi connectivity index (χ0) is 19.1. The van der Waals surface area contributed by atoms with E-state index in [0.29, 0.717) is 28.1 Å². The third-order valence-corrected chi connectivity index (χ3v) is 5.15. The summed E-state index contributed by atoms with van der Waals surface area (Å²) in [7, 11) is 0. The first-order valence-electron chi connectivity index (χ1n) is 8.97. The topological polar surface area (TPSA) is 86.0 Å². The molecule has 7 heteroatoms. The van der Waals surface area contributed by atoms with E-state index in [0.717, 1.165) is 30.8 Å². The zero-order valence-electron chi connectivity index (χ0n) is 15.2. The predicted molar refractivity (Wildman–Crippen MR) is 102 cm³/mol. The minimum absolute atomic E-state index is 0.123. The molecule has 1 saturated heterocycles. The number of halogens is 1. The number of carbonyl (C=O) groups is 2. The molecule has 2 aromatic rings. The molecule has 0 bridgehead atoms. The molecule has 1 atom stereocenters. The highest BCUT2D eigenvalue weighted by Gasteiger charge is 2.26. The quantitative estimate of drug-likeness (QED) is 0.628. The van der Waals surface area contributed by atoms with Crippen LogP contribution in [0.4, 0.5) is 10.1 Å². The van der Waals surface area contributed by atoms with Crippen molar-refractivity contribution < 1.29 is 14.0 Å². The number of nitrogens with one attached hydrogen (secondary N) is 4. The van der Waals surface area contributed by atoms with E-state index in [9.17, 15) is 14.0 Å². The molecule has 0 aliphatic carbocycles. The van der Waals surface area contributed by atoms with Crippen LogP contribution in [0.3, 0.4) is 0 Å². The van der Waals surface area contributed by atoms with Crippen LogP contribution >= 0.6 is 0 Å². The summed E-state index contributed by atoms with van der Waals surface area (Å²) in [6.07, 6.45) is 2.59. The molecule has 0 spiro atoms. The van der Waals surface area contributed by atoms with E-state index in [1.54, 1.807) is 12.1 Å². The van der Waals surface area contributed by atoms with Crippen molar-refractivity contribution in [1.29, 1.82) is 0 Å². The predicted octanol–water partition coefficient (Wildman–Crippen LogP) is 2.36. The van der Waals surface area contributed by atoms with E-state index in [2.05, 4.69) is 20.9 Å². The first-order valence-corrected chi connectivity index (χ1v) is 8.97. The van der Waals surface area contributed by atoms with E-state index in [1.807, 2.05) is 13.8 Å². The Morgan fingerprint density at radius 1 is 1.33 bits per heavy atom. The molecule has 2 amide bonds. The smallest absolute Gasteiger partial charge is 0.256 e. The van der Waals surface area contributed by atoms with Gasteiger partial charge in [0.2, 0.25) is 0 Å². The minimum atomic E-state index is -0.402. The summed E-state index contributed by atoms with van der Waals surface area (Å²) in [5.74, 6) is -0.812. The fraction of sp³-hybridized carbons (Fsp3) is 0.300. The summed E-state index contributed by atoms with van der Waals surface area (Å²) in [5, 5.41) is 9.00. The monoisotopic (exact) mass is 368 g/mol. The largest absolute Gasteiger partial charge is 0.358 e. The fourth-order valence-corrected chi connectivity index (χ4v) is 3.74. The Kier molecular flexibility index (Phi) is 4.31. The van der Waals surface area contributed by atoms with Crippen molar-refractivity contribution in [3.8, 4) is 0 Å². The van der Waals surface area contributed by atoms with Gasteiger partial charge in [0.1, 0.15) is 5.82 Å². The van der Waals surface area contributed by atoms with E-state index < -0.39 is 5.82 Å². The molecule has 0 radical (unpaired) electrons. The van der Waals surface area contributed by atoms with Gasteiger partial charge in [-0.05, 0) is 56.7 Å². The third kappa shape index (κ3) is 3.14. The number of H-pyrrole nitrogens is 1. The van der Waals surface area contributed by atoms with Gasteiger partial charge < -0.3 is 20.9 Å². The van der Waals surface area contributed by atoms with Crippen molar-refractivity contribution in [3.63, 3.8) is 0 Å². The standard InChI is InChI=1S/C20H21FN4O2/c1-10-17(8-15-14-7-12(21)3-4-16(14)25-19(15)26)23-11(2)18(10)20(27)24-13-5-6-22-9-13/h3-4,7-8,13,22-23H,5-6,9H2,1-2H3,(H,24,27)(H,25,26). The maximum atomic E-state index is 13.6. The van der Waals surface area contributed by atoms with Gasteiger partial charge in [-0.1, -0.05) is 0 Å². The first-order chi connectivity index (χ1) is 12.9. The van der Waals surface area contributed by atoms with Gasteiger partial charge in [-0.25, -0.2) is 4.39 Å². The second kappa shape index (κ2) is 6.66. The van der Waals surface area contributed by atoms with Crippen LogP contribution in [-0.4, -0.2) is 35.9 Å². The molecule has 3 heterocycles. The van der Waals surface area contributed by atoms with Gasteiger partial charge >= 0.3 is 0 Å². The highest BCUT2D eigenvalue weighted by molar-refractivity contribution is 6.34. The summed E-state index contributed by atoms with van der Waals surface area (Å²) in [4.78, 5) is 28.2. The number of fused-ring (bicyclic) bond motifs is 1. The van der Waals surface area contributed by atoms with Crippen molar-refractivity contribution in [2.45, 2.75) is 26.3 Å². The zero-order valence-corrected chi connectivity index (χ0v) is 15.2. The molecule has 4 N–H and O–H groups in total. The number of amides is 2. The van der Waals surface area contributed by atoms with Gasteiger partial charge in [-0.3, -0.25) is 9.59 Å². The average Bonchev–Trinajstić information content (AvgIpc) is 3.29. The number of benzene rings is 1. The Morgan fingerprint density at radius 2 is 2.15 bits per heavy atom. The number of hydrogen-bond acceptors (Lipinski definition) is 3. The van der Waals surface area contributed by atoms with Crippen LogP contribution in [0.1, 0.15) is 39.3 Å². The molecule has 4 rings (SSSR count). The van der Waals surface area contributed by atoms with Crippen molar-refractivity contribution >= 4 is 29.2 Å². The molecule has 1 fully saturated rings. The van der Waals surface area contributed by atoms with Crippen molar-refractivity contribution in [1.82, 2.24) is 15.6 Å². The lowest BCUT2D eigenvalue weighted by atomic mass is 10.0. The van der Waals surface area contributed by atoms with Crippen LogP contribution in [0, 0.1) is 19.7 Å². The Hall–Kier alpha value is -2.93. The number of aromatic amines is 1. The van der Waals surface area contributed by atoms with Crippen LogP contribution in [0.25, 0.3) is 11.6 Å². The van der Waals surface area contributed by atoms with Gasteiger partial charge in [-0.2, -0.15) is 0 Å². The molecule has 0 saturated carbocycles. The number of rotatable bonds is 3. The third-order valence-electron chi connectivity index (χ3n) is 5.15. The van der Waals surface area contributed by atoms with E-state index in [1.165, 1.54) is 12.1 Å². The molecule has 1 unspecified atom stereocenters.